The summed E-state index contributed by atoms with van der Waals surface area (Å²) in [6.07, 6.45) is 4.85. The predicted molar refractivity (Wildman–Crippen MR) is 150 cm³/mol. The molecular weight excluding hydrogens is 545 g/mol. The lowest BCUT2D eigenvalue weighted by Crippen LogP contribution is -2.35. The lowest BCUT2D eigenvalue weighted by Gasteiger charge is -2.33. The van der Waals surface area contributed by atoms with E-state index in [9.17, 15) is 9.65 Å². The molecule has 2 aromatic carbocycles. The van der Waals surface area contributed by atoms with E-state index in [2.05, 4.69) is 26.6 Å². The first-order valence-corrected chi connectivity index (χ1v) is 14.3. The summed E-state index contributed by atoms with van der Waals surface area (Å²) in [4.78, 5) is 11.6. The molecule has 3 aliphatic heterocycles. The lowest BCUT2D eigenvalue weighted by molar-refractivity contribution is -0.0712. The monoisotopic (exact) mass is 573 g/mol. The molecule has 8 nitrogen and oxygen atoms in total. The standard InChI is InChI=1S/C31H29ClFN5O3/c1-31(24-6-5-20(32)13-25(24)33)40-28-4-2-3-23(30(28)41-31)19-7-10-37(11-8-19)18-29-36-26-14-21(15-34)35-16-27(26)38(29)17-22-9-12-39-22/h2-6,13-14,16,19,22H,7-12,17-18H2,1H3. The third kappa shape index (κ3) is 4.80. The van der Waals surface area contributed by atoms with E-state index in [-0.39, 0.29) is 12.0 Å². The summed E-state index contributed by atoms with van der Waals surface area (Å²) in [6, 6.07) is 14.3. The Morgan fingerprint density at radius 2 is 1.98 bits per heavy atom. The maximum Gasteiger partial charge on any atom is 0.278 e. The molecule has 2 fully saturated rings. The fourth-order valence-electron chi connectivity index (χ4n) is 6.13. The number of imidazole rings is 1. The lowest BCUT2D eigenvalue weighted by atomic mass is 9.88. The van der Waals surface area contributed by atoms with Crippen LogP contribution in [0.2, 0.25) is 5.02 Å². The van der Waals surface area contributed by atoms with Gasteiger partial charge in [0.1, 0.15) is 23.4 Å². The quantitative estimate of drug-likeness (QED) is 0.283. The van der Waals surface area contributed by atoms with Crippen LogP contribution in [-0.2, 0) is 23.6 Å². The van der Waals surface area contributed by atoms with E-state index in [4.69, 9.17) is 30.8 Å². The van der Waals surface area contributed by atoms with Gasteiger partial charge in [-0.2, -0.15) is 5.26 Å². The smallest absolute Gasteiger partial charge is 0.278 e. The van der Waals surface area contributed by atoms with Crippen LogP contribution in [0.5, 0.6) is 11.5 Å². The summed E-state index contributed by atoms with van der Waals surface area (Å²) in [5, 5.41) is 9.63. The zero-order valence-electron chi connectivity index (χ0n) is 22.6. The minimum atomic E-state index is -1.27. The minimum Gasteiger partial charge on any atom is -0.444 e. The third-order valence-electron chi connectivity index (χ3n) is 8.43. The van der Waals surface area contributed by atoms with Crippen LogP contribution in [0.4, 0.5) is 4.39 Å². The van der Waals surface area contributed by atoms with Gasteiger partial charge in [-0.25, -0.2) is 14.4 Å². The highest BCUT2D eigenvalue weighted by Gasteiger charge is 2.43. The van der Waals surface area contributed by atoms with Crippen molar-refractivity contribution in [1.29, 1.82) is 5.26 Å². The van der Waals surface area contributed by atoms with E-state index in [1.165, 1.54) is 6.07 Å². The number of halogens is 2. The predicted octanol–water partition coefficient (Wildman–Crippen LogP) is 5.91. The summed E-state index contributed by atoms with van der Waals surface area (Å²) < 4.78 is 35.2. The fraction of sp³-hybridized carbons (Fsp3) is 0.387. The molecule has 0 bridgehead atoms. The number of rotatable bonds is 6. The molecule has 0 saturated carbocycles. The van der Waals surface area contributed by atoms with Crippen molar-refractivity contribution in [1.82, 2.24) is 19.4 Å². The van der Waals surface area contributed by atoms with Gasteiger partial charge in [0.05, 0.1) is 42.0 Å². The number of likely N-dealkylation sites (tertiary alicyclic amines) is 1. The van der Waals surface area contributed by atoms with E-state index in [1.807, 2.05) is 12.1 Å². The van der Waals surface area contributed by atoms with Crippen molar-refractivity contribution in [2.45, 2.75) is 57.1 Å². The number of hydrogen-bond acceptors (Lipinski definition) is 7. The van der Waals surface area contributed by atoms with E-state index >= 15 is 0 Å². The number of hydrogen-bond donors (Lipinski definition) is 0. The maximum atomic E-state index is 14.8. The first kappa shape index (κ1) is 26.2. The van der Waals surface area contributed by atoms with Gasteiger partial charge in [-0.05, 0) is 62.5 Å². The second-order valence-corrected chi connectivity index (χ2v) is 11.5. The Balaban J connectivity index is 1.08. The molecule has 0 N–H and O–H groups in total. The molecule has 0 spiro atoms. The van der Waals surface area contributed by atoms with Crippen molar-refractivity contribution in [3.8, 4) is 17.6 Å². The highest BCUT2D eigenvalue weighted by molar-refractivity contribution is 6.30. The Kier molecular flexibility index (Phi) is 6.57. The zero-order chi connectivity index (χ0) is 28.1. The van der Waals surface area contributed by atoms with E-state index in [0.29, 0.717) is 34.3 Å². The van der Waals surface area contributed by atoms with Crippen LogP contribution in [0.3, 0.4) is 0 Å². The summed E-state index contributed by atoms with van der Waals surface area (Å²) in [6.45, 7) is 5.75. The molecule has 0 aliphatic carbocycles. The molecule has 210 valence electrons. The van der Waals surface area contributed by atoms with Crippen LogP contribution in [0.25, 0.3) is 11.0 Å². The number of pyridine rings is 1. The van der Waals surface area contributed by atoms with Crippen LogP contribution >= 0.6 is 11.6 Å². The summed E-state index contributed by atoms with van der Waals surface area (Å²) in [5.41, 5.74) is 3.49. The van der Waals surface area contributed by atoms with Crippen LogP contribution in [0.15, 0.2) is 48.7 Å². The maximum absolute atomic E-state index is 14.8. The Bertz CT molecular complexity index is 1670. The van der Waals surface area contributed by atoms with Gasteiger partial charge < -0.3 is 18.8 Å². The average Bonchev–Trinajstić information content (AvgIpc) is 3.47. The Morgan fingerprint density at radius 1 is 1.15 bits per heavy atom. The molecular formula is C31H29ClFN5O3. The second-order valence-electron chi connectivity index (χ2n) is 11.1. The number of para-hydroxylation sites is 1. The molecule has 2 saturated heterocycles. The van der Waals surface area contributed by atoms with Crippen LogP contribution in [0, 0.1) is 17.1 Å². The topological polar surface area (TPSA) is 85.4 Å². The number of benzene rings is 2. The summed E-state index contributed by atoms with van der Waals surface area (Å²) in [7, 11) is 0. The van der Waals surface area contributed by atoms with E-state index in [0.717, 1.165) is 67.9 Å². The minimum absolute atomic E-state index is 0.182. The number of ether oxygens (including phenoxy) is 3. The van der Waals surface area contributed by atoms with Gasteiger partial charge in [0.2, 0.25) is 0 Å². The number of fused-ring (bicyclic) bond motifs is 2. The molecule has 2 atom stereocenters. The molecule has 2 aromatic heterocycles. The van der Waals surface area contributed by atoms with Crippen LogP contribution in [-0.4, -0.2) is 45.2 Å². The second kappa shape index (κ2) is 10.3. The van der Waals surface area contributed by atoms with Crippen molar-refractivity contribution in [2.75, 3.05) is 19.7 Å². The first-order valence-electron chi connectivity index (χ1n) is 14.0. The van der Waals surface area contributed by atoms with Gasteiger partial charge in [0.15, 0.2) is 11.5 Å². The van der Waals surface area contributed by atoms with Crippen molar-refractivity contribution in [3.05, 3.63) is 82.1 Å². The number of piperidine rings is 1. The van der Waals surface area contributed by atoms with Crippen molar-refractivity contribution < 1.29 is 18.6 Å². The highest BCUT2D eigenvalue weighted by atomic mass is 35.5. The fourth-order valence-corrected chi connectivity index (χ4v) is 6.29. The molecule has 0 radical (unpaired) electrons. The average molecular weight is 574 g/mol. The first-order chi connectivity index (χ1) is 19.9. The molecule has 0 amide bonds. The van der Waals surface area contributed by atoms with Crippen molar-refractivity contribution in [2.24, 2.45) is 0 Å². The van der Waals surface area contributed by atoms with Gasteiger partial charge >= 0.3 is 0 Å². The molecule has 2 unspecified atom stereocenters. The van der Waals surface area contributed by atoms with E-state index in [1.54, 1.807) is 31.3 Å². The summed E-state index contributed by atoms with van der Waals surface area (Å²) in [5.74, 6) is 0.829. The Hall–Kier alpha value is -3.71. The Morgan fingerprint density at radius 3 is 2.71 bits per heavy atom. The van der Waals surface area contributed by atoms with Gasteiger partial charge in [0, 0.05) is 30.2 Å². The van der Waals surface area contributed by atoms with Gasteiger partial charge in [-0.1, -0.05) is 23.7 Å². The number of nitriles is 1. The van der Waals surface area contributed by atoms with Crippen LogP contribution < -0.4 is 9.47 Å². The highest BCUT2D eigenvalue weighted by Crippen LogP contribution is 2.49. The molecule has 10 heteroatoms. The SMILES string of the molecule is CC1(c2ccc(Cl)cc2F)Oc2cccc(C3CCN(Cc4nc5cc(C#N)ncc5n4CC4CCO4)CC3)c2O1. The zero-order valence-corrected chi connectivity index (χ0v) is 23.4. The van der Waals surface area contributed by atoms with Crippen molar-refractivity contribution >= 4 is 22.6 Å². The number of aromatic nitrogens is 3. The third-order valence-corrected chi connectivity index (χ3v) is 8.67. The molecule has 3 aliphatic rings. The molecule has 5 heterocycles. The van der Waals surface area contributed by atoms with Crippen LogP contribution in [0.1, 0.15) is 54.7 Å². The van der Waals surface area contributed by atoms with Gasteiger partial charge in [-0.3, -0.25) is 4.90 Å². The molecule has 7 rings (SSSR count). The van der Waals surface area contributed by atoms with Crippen molar-refractivity contribution in [3.63, 3.8) is 0 Å². The Labute approximate surface area is 242 Å². The molecule has 41 heavy (non-hydrogen) atoms. The summed E-state index contributed by atoms with van der Waals surface area (Å²) >= 11 is 5.97. The normalized spacial score (nSPS) is 22.5. The largest absolute Gasteiger partial charge is 0.444 e. The van der Waals surface area contributed by atoms with Gasteiger partial charge in [0.25, 0.3) is 5.79 Å². The molecule has 4 aromatic rings. The van der Waals surface area contributed by atoms with Gasteiger partial charge in [-0.15, -0.1) is 0 Å². The number of nitrogens with zero attached hydrogens (tertiary/aromatic N) is 5. The van der Waals surface area contributed by atoms with E-state index < -0.39 is 11.6 Å².